The molecule has 130 valence electrons. The number of benzene rings is 1. The summed E-state index contributed by atoms with van der Waals surface area (Å²) in [6, 6.07) is 7.58. The van der Waals surface area contributed by atoms with Crippen LogP contribution in [0.25, 0.3) is 11.6 Å². The van der Waals surface area contributed by atoms with Crippen LogP contribution >= 0.6 is 0 Å². The number of aromatic amines is 1. The number of aliphatic hydroxyl groups excluding tert-OH is 1. The van der Waals surface area contributed by atoms with Gasteiger partial charge in [-0.05, 0) is 35.4 Å². The SMILES string of the molecule is O=C1Nc2ccc(CO)cc2C1=Cc1cc(CN2CCOCC2)c[nH]1. The molecule has 0 saturated carbocycles. The molecular formula is C19H21N3O3. The lowest BCUT2D eigenvalue weighted by molar-refractivity contribution is -0.110. The van der Waals surface area contributed by atoms with E-state index in [4.69, 9.17) is 4.74 Å². The third kappa shape index (κ3) is 3.37. The van der Waals surface area contributed by atoms with Crippen LogP contribution in [-0.4, -0.2) is 47.2 Å². The number of aliphatic hydroxyl groups is 1. The second-order valence-electron chi connectivity index (χ2n) is 6.40. The predicted octanol–water partition coefficient (Wildman–Crippen LogP) is 1.83. The summed E-state index contributed by atoms with van der Waals surface area (Å²) in [4.78, 5) is 17.9. The molecule has 1 aromatic carbocycles. The molecule has 25 heavy (non-hydrogen) atoms. The normalized spacial score (nSPS) is 19.2. The fraction of sp³-hybridized carbons (Fsp3) is 0.316. The number of nitrogens with zero attached hydrogens (tertiary/aromatic N) is 1. The van der Waals surface area contributed by atoms with Gasteiger partial charge in [-0.25, -0.2) is 0 Å². The lowest BCUT2D eigenvalue weighted by Crippen LogP contribution is -2.35. The Balaban J connectivity index is 1.56. The van der Waals surface area contributed by atoms with Gasteiger partial charge in [-0.15, -0.1) is 0 Å². The molecule has 1 fully saturated rings. The van der Waals surface area contributed by atoms with Crippen LogP contribution in [0.15, 0.2) is 30.5 Å². The third-order valence-electron chi connectivity index (χ3n) is 4.62. The molecule has 0 spiro atoms. The van der Waals surface area contributed by atoms with Gasteiger partial charge >= 0.3 is 0 Å². The number of carbonyl (C=O) groups is 1. The average molecular weight is 339 g/mol. The van der Waals surface area contributed by atoms with E-state index in [1.807, 2.05) is 30.5 Å². The van der Waals surface area contributed by atoms with Crippen molar-refractivity contribution >= 4 is 23.2 Å². The maximum Gasteiger partial charge on any atom is 0.256 e. The summed E-state index contributed by atoms with van der Waals surface area (Å²) in [7, 11) is 0. The predicted molar refractivity (Wildman–Crippen MR) is 95.8 cm³/mol. The van der Waals surface area contributed by atoms with E-state index >= 15 is 0 Å². The molecule has 0 aliphatic carbocycles. The molecule has 2 aliphatic rings. The van der Waals surface area contributed by atoms with Crippen LogP contribution in [-0.2, 0) is 22.7 Å². The van der Waals surface area contributed by atoms with E-state index in [1.54, 1.807) is 0 Å². The van der Waals surface area contributed by atoms with Crippen molar-refractivity contribution in [3.8, 4) is 0 Å². The van der Waals surface area contributed by atoms with Gasteiger partial charge in [0.25, 0.3) is 5.91 Å². The first kappa shape index (κ1) is 16.1. The molecule has 2 aromatic rings. The van der Waals surface area contributed by atoms with Crippen LogP contribution in [0.5, 0.6) is 0 Å². The zero-order valence-electron chi connectivity index (χ0n) is 13.9. The zero-order chi connectivity index (χ0) is 17.2. The number of nitrogens with one attached hydrogen (secondary N) is 2. The summed E-state index contributed by atoms with van der Waals surface area (Å²) in [5.41, 5.74) is 5.12. The highest BCUT2D eigenvalue weighted by molar-refractivity contribution is 6.34. The molecule has 0 atom stereocenters. The molecule has 3 heterocycles. The Bertz CT molecular complexity index is 819. The lowest BCUT2D eigenvalue weighted by atomic mass is 10.0. The van der Waals surface area contributed by atoms with Crippen molar-refractivity contribution in [3.05, 3.63) is 52.8 Å². The summed E-state index contributed by atoms with van der Waals surface area (Å²) >= 11 is 0. The molecule has 6 nitrogen and oxygen atoms in total. The summed E-state index contributed by atoms with van der Waals surface area (Å²) in [6.45, 7) is 4.29. The third-order valence-corrected chi connectivity index (χ3v) is 4.62. The zero-order valence-corrected chi connectivity index (χ0v) is 13.9. The highest BCUT2D eigenvalue weighted by atomic mass is 16.5. The fourth-order valence-corrected chi connectivity index (χ4v) is 3.28. The number of ether oxygens (including phenoxy) is 1. The van der Waals surface area contributed by atoms with Crippen LogP contribution in [0.1, 0.15) is 22.4 Å². The van der Waals surface area contributed by atoms with Crippen LogP contribution in [0.3, 0.4) is 0 Å². The highest BCUT2D eigenvalue weighted by Gasteiger charge is 2.24. The van der Waals surface area contributed by atoms with E-state index in [0.29, 0.717) is 5.57 Å². The summed E-state index contributed by atoms with van der Waals surface area (Å²) < 4.78 is 5.37. The average Bonchev–Trinajstić information content (AvgIpc) is 3.20. The number of morpholine rings is 1. The number of aromatic nitrogens is 1. The molecule has 2 aliphatic heterocycles. The molecule has 0 bridgehead atoms. The second kappa shape index (κ2) is 6.84. The van der Waals surface area contributed by atoms with E-state index < -0.39 is 0 Å². The smallest absolute Gasteiger partial charge is 0.256 e. The lowest BCUT2D eigenvalue weighted by Gasteiger charge is -2.25. The fourth-order valence-electron chi connectivity index (χ4n) is 3.28. The largest absolute Gasteiger partial charge is 0.392 e. The number of hydrogen-bond donors (Lipinski definition) is 3. The van der Waals surface area contributed by atoms with Crippen LogP contribution in [0.4, 0.5) is 5.69 Å². The number of fused-ring (bicyclic) bond motifs is 1. The quantitative estimate of drug-likeness (QED) is 0.743. The minimum Gasteiger partial charge on any atom is -0.392 e. The van der Waals surface area contributed by atoms with Gasteiger partial charge in [0.05, 0.1) is 25.4 Å². The van der Waals surface area contributed by atoms with Gasteiger partial charge in [0.1, 0.15) is 0 Å². The van der Waals surface area contributed by atoms with E-state index in [0.717, 1.165) is 55.4 Å². The molecular weight excluding hydrogens is 318 g/mol. The van der Waals surface area contributed by atoms with Crippen molar-refractivity contribution < 1.29 is 14.6 Å². The Morgan fingerprint density at radius 1 is 1.20 bits per heavy atom. The number of anilines is 1. The number of rotatable bonds is 4. The Morgan fingerprint density at radius 3 is 2.84 bits per heavy atom. The van der Waals surface area contributed by atoms with E-state index in [2.05, 4.69) is 21.3 Å². The van der Waals surface area contributed by atoms with Crippen molar-refractivity contribution in [2.45, 2.75) is 13.2 Å². The number of amides is 1. The van der Waals surface area contributed by atoms with Gasteiger partial charge in [-0.3, -0.25) is 9.69 Å². The molecule has 3 N–H and O–H groups in total. The molecule has 6 heteroatoms. The van der Waals surface area contributed by atoms with Crippen LogP contribution in [0.2, 0.25) is 0 Å². The number of H-pyrrole nitrogens is 1. The summed E-state index contributed by atoms with van der Waals surface area (Å²) in [6.07, 6.45) is 3.85. The van der Waals surface area contributed by atoms with Crippen molar-refractivity contribution in [2.24, 2.45) is 0 Å². The topological polar surface area (TPSA) is 77.6 Å². The molecule has 1 aromatic heterocycles. The molecule has 1 amide bonds. The summed E-state index contributed by atoms with van der Waals surface area (Å²) in [5.74, 6) is -0.116. The maximum atomic E-state index is 12.3. The van der Waals surface area contributed by atoms with E-state index in [-0.39, 0.29) is 12.5 Å². The Labute approximate surface area is 146 Å². The van der Waals surface area contributed by atoms with Gasteiger partial charge in [0.15, 0.2) is 0 Å². The van der Waals surface area contributed by atoms with Gasteiger partial charge < -0.3 is 20.1 Å². The Morgan fingerprint density at radius 2 is 2.04 bits per heavy atom. The van der Waals surface area contributed by atoms with Gasteiger partial charge in [-0.2, -0.15) is 0 Å². The van der Waals surface area contributed by atoms with E-state index in [1.165, 1.54) is 5.56 Å². The minimum absolute atomic E-state index is 0.0407. The first-order valence-electron chi connectivity index (χ1n) is 8.47. The Hall–Kier alpha value is -2.41. The van der Waals surface area contributed by atoms with Crippen molar-refractivity contribution in [1.82, 2.24) is 9.88 Å². The van der Waals surface area contributed by atoms with Gasteiger partial charge in [-0.1, -0.05) is 6.07 Å². The number of carbonyl (C=O) groups excluding carboxylic acids is 1. The molecule has 0 unspecified atom stereocenters. The number of hydrogen-bond acceptors (Lipinski definition) is 4. The van der Waals surface area contributed by atoms with E-state index in [9.17, 15) is 9.90 Å². The second-order valence-corrected chi connectivity index (χ2v) is 6.40. The van der Waals surface area contributed by atoms with Gasteiger partial charge in [0.2, 0.25) is 0 Å². The monoisotopic (exact) mass is 339 g/mol. The Kier molecular flexibility index (Phi) is 4.40. The van der Waals surface area contributed by atoms with Crippen molar-refractivity contribution in [1.29, 1.82) is 0 Å². The van der Waals surface area contributed by atoms with Crippen LogP contribution in [0, 0.1) is 0 Å². The van der Waals surface area contributed by atoms with Crippen LogP contribution < -0.4 is 5.32 Å². The molecule has 4 rings (SSSR count). The van der Waals surface area contributed by atoms with Crippen molar-refractivity contribution in [3.63, 3.8) is 0 Å². The molecule has 1 saturated heterocycles. The highest BCUT2D eigenvalue weighted by Crippen LogP contribution is 2.33. The first-order chi connectivity index (χ1) is 12.2. The minimum atomic E-state index is -0.116. The maximum absolute atomic E-state index is 12.3. The van der Waals surface area contributed by atoms with Gasteiger partial charge in [0, 0.05) is 42.8 Å². The first-order valence-corrected chi connectivity index (χ1v) is 8.47. The summed E-state index contributed by atoms with van der Waals surface area (Å²) in [5, 5.41) is 12.2. The van der Waals surface area contributed by atoms with Crippen molar-refractivity contribution in [2.75, 3.05) is 31.6 Å². The standard InChI is InChI=1S/C19H21N3O3/c23-12-13-1-2-18-16(8-13)17(19(24)21-18)9-15-7-14(10-20-15)11-22-3-5-25-6-4-22/h1-2,7-10,20,23H,3-6,11-12H2,(H,21,24). The molecule has 0 radical (unpaired) electrons.